The van der Waals surface area contributed by atoms with E-state index in [4.69, 9.17) is 0 Å². The van der Waals surface area contributed by atoms with Crippen molar-refractivity contribution in [1.82, 2.24) is 10.3 Å². The molecule has 1 atom stereocenters. The van der Waals surface area contributed by atoms with Crippen molar-refractivity contribution >= 4 is 28.7 Å². The number of benzene rings is 1. The van der Waals surface area contributed by atoms with E-state index in [-0.39, 0.29) is 11.8 Å². The summed E-state index contributed by atoms with van der Waals surface area (Å²) in [5.41, 5.74) is 2.66. The van der Waals surface area contributed by atoms with Gasteiger partial charge in [-0.25, -0.2) is 0 Å². The number of aromatic nitrogens is 1. The monoisotopic (exact) mass is 294 g/mol. The minimum atomic E-state index is -0.192. The summed E-state index contributed by atoms with van der Waals surface area (Å²) >= 11 is 0. The first-order valence-corrected chi connectivity index (χ1v) is 7.36. The zero-order valence-electron chi connectivity index (χ0n) is 12.4. The third-order valence-corrected chi connectivity index (χ3v) is 3.61. The molecule has 1 aromatic heterocycles. The average Bonchev–Trinajstić information content (AvgIpc) is 2.81. The highest BCUT2D eigenvalue weighted by Gasteiger charge is 2.10. The fourth-order valence-corrected chi connectivity index (χ4v) is 2.39. The van der Waals surface area contributed by atoms with Crippen LogP contribution in [0.25, 0.3) is 10.9 Å². The van der Waals surface area contributed by atoms with Crippen LogP contribution >= 0.6 is 0 Å². The van der Waals surface area contributed by atoms with Crippen LogP contribution in [-0.2, 0) is 11.2 Å². The molecule has 0 bridgehead atoms. The molecule has 2 aromatic rings. The van der Waals surface area contributed by atoms with E-state index in [1.807, 2.05) is 37.4 Å². The fourth-order valence-electron chi connectivity index (χ4n) is 2.39. The summed E-state index contributed by atoms with van der Waals surface area (Å²) in [4.78, 5) is 15.3. The van der Waals surface area contributed by atoms with Crippen molar-refractivity contribution in [2.24, 2.45) is 16.1 Å². The van der Waals surface area contributed by atoms with E-state index in [0.29, 0.717) is 12.3 Å². The van der Waals surface area contributed by atoms with Gasteiger partial charge in [-0.15, -0.1) is 5.10 Å². The molecule has 2 heterocycles. The van der Waals surface area contributed by atoms with Crippen molar-refractivity contribution in [2.45, 2.75) is 13.3 Å². The molecule has 1 aliphatic rings. The van der Waals surface area contributed by atoms with Gasteiger partial charge < -0.3 is 10.3 Å². The zero-order valence-corrected chi connectivity index (χ0v) is 12.4. The summed E-state index contributed by atoms with van der Waals surface area (Å²) in [5.74, 6) is 0.00242. The highest BCUT2D eigenvalue weighted by atomic mass is 16.1. The quantitative estimate of drug-likeness (QED) is 0.893. The third kappa shape index (κ3) is 3.14. The van der Waals surface area contributed by atoms with Crippen molar-refractivity contribution in [3.8, 4) is 0 Å². The summed E-state index contributed by atoms with van der Waals surface area (Å²) < 4.78 is 0. The second-order valence-corrected chi connectivity index (χ2v) is 5.33. The van der Waals surface area contributed by atoms with Gasteiger partial charge in [0.15, 0.2) is 0 Å². The molecule has 0 saturated carbocycles. The van der Waals surface area contributed by atoms with Gasteiger partial charge in [0, 0.05) is 35.8 Å². The van der Waals surface area contributed by atoms with Gasteiger partial charge in [0.2, 0.25) is 0 Å². The Labute approximate surface area is 128 Å². The first kappa shape index (κ1) is 14.3. The van der Waals surface area contributed by atoms with E-state index in [1.165, 1.54) is 10.9 Å². The lowest BCUT2D eigenvalue weighted by Gasteiger charge is -2.04. The van der Waals surface area contributed by atoms with Gasteiger partial charge in [-0.1, -0.05) is 31.2 Å². The predicted molar refractivity (Wildman–Crippen MR) is 89.2 cm³/mol. The minimum absolute atomic E-state index is 0.192. The van der Waals surface area contributed by atoms with Gasteiger partial charge in [-0.2, -0.15) is 5.10 Å². The van der Waals surface area contributed by atoms with Crippen molar-refractivity contribution in [3.05, 3.63) is 48.2 Å². The van der Waals surface area contributed by atoms with E-state index in [0.717, 1.165) is 11.9 Å². The van der Waals surface area contributed by atoms with Gasteiger partial charge >= 0.3 is 0 Å². The molecule has 1 aliphatic heterocycles. The molecule has 3 rings (SSSR count). The van der Waals surface area contributed by atoms with Crippen LogP contribution in [0, 0.1) is 5.92 Å². The molecule has 1 unspecified atom stereocenters. The number of hydrogen-bond acceptors (Lipinski definition) is 3. The third-order valence-electron chi connectivity index (χ3n) is 3.61. The van der Waals surface area contributed by atoms with Gasteiger partial charge in [0.25, 0.3) is 5.91 Å². The Morgan fingerprint density at radius 2 is 2.23 bits per heavy atom. The highest BCUT2D eigenvalue weighted by Crippen LogP contribution is 2.17. The maximum Gasteiger partial charge on any atom is 0.271 e. The van der Waals surface area contributed by atoms with Crippen LogP contribution in [0.2, 0.25) is 0 Å². The number of carbonyl (C=O) groups is 1. The van der Waals surface area contributed by atoms with Crippen LogP contribution in [0.15, 0.2) is 52.8 Å². The molecule has 0 aliphatic carbocycles. The molecule has 112 valence electrons. The number of rotatable bonds is 4. The molecule has 1 aromatic carbocycles. The maximum atomic E-state index is 12.1. The van der Waals surface area contributed by atoms with E-state index in [2.05, 4.69) is 26.6 Å². The summed E-state index contributed by atoms with van der Waals surface area (Å²) in [6.45, 7) is 2.56. The zero-order chi connectivity index (χ0) is 15.4. The summed E-state index contributed by atoms with van der Waals surface area (Å²) in [7, 11) is 0. The molecule has 0 spiro atoms. The minimum Gasteiger partial charge on any atom is -0.361 e. The van der Waals surface area contributed by atoms with E-state index >= 15 is 0 Å². The molecule has 0 saturated heterocycles. The van der Waals surface area contributed by atoms with Crippen LogP contribution in [0.4, 0.5) is 0 Å². The summed E-state index contributed by atoms with van der Waals surface area (Å²) in [5, 5.41) is 11.9. The van der Waals surface area contributed by atoms with E-state index in [1.54, 1.807) is 12.3 Å². The van der Waals surface area contributed by atoms with Crippen LogP contribution in [0.1, 0.15) is 12.5 Å². The van der Waals surface area contributed by atoms with E-state index in [9.17, 15) is 4.79 Å². The SMILES string of the molecule is CC1C=CC(C(=O)NCCc2c[nH]c3ccccc23)=NN=C1. The normalized spacial score (nSPS) is 17.3. The van der Waals surface area contributed by atoms with Crippen molar-refractivity contribution < 1.29 is 4.79 Å². The second-order valence-electron chi connectivity index (χ2n) is 5.33. The summed E-state index contributed by atoms with van der Waals surface area (Å²) in [6, 6.07) is 8.14. The lowest BCUT2D eigenvalue weighted by Crippen LogP contribution is -2.31. The molecule has 1 amide bonds. The molecular formula is C17H18N4O. The number of nitrogens with one attached hydrogen (secondary N) is 2. The van der Waals surface area contributed by atoms with Crippen LogP contribution < -0.4 is 5.32 Å². The van der Waals surface area contributed by atoms with Gasteiger partial charge in [-0.05, 0) is 24.1 Å². The Balaban J connectivity index is 1.59. The number of hydrogen-bond donors (Lipinski definition) is 2. The number of H-pyrrole nitrogens is 1. The van der Waals surface area contributed by atoms with Gasteiger partial charge in [0.05, 0.1) is 0 Å². The lowest BCUT2D eigenvalue weighted by molar-refractivity contribution is -0.114. The number of allylic oxidation sites excluding steroid dienone is 1. The number of aromatic amines is 1. The molecule has 2 N–H and O–H groups in total. The van der Waals surface area contributed by atoms with Crippen molar-refractivity contribution in [3.63, 3.8) is 0 Å². The Kier molecular flexibility index (Phi) is 4.14. The molecule has 22 heavy (non-hydrogen) atoms. The summed E-state index contributed by atoms with van der Waals surface area (Å²) in [6.07, 6.45) is 8.11. The average molecular weight is 294 g/mol. The Hall–Kier alpha value is -2.69. The van der Waals surface area contributed by atoms with Crippen LogP contribution in [-0.4, -0.2) is 29.4 Å². The number of nitrogens with zero attached hydrogens (tertiary/aromatic N) is 2. The number of para-hydroxylation sites is 1. The molecular weight excluding hydrogens is 276 g/mol. The Morgan fingerprint density at radius 1 is 1.36 bits per heavy atom. The van der Waals surface area contributed by atoms with Crippen molar-refractivity contribution in [1.29, 1.82) is 0 Å². The lowest BCUT2D eigenvalue weighted by atomic mass is 10.1. The molecule has 0 radical (unpaired) electrons. The molecule has 0 fully saturated rings. The first-order chi connectivity index (χ1) is 10.7. The van der Waals surface area contributed by atoms with Gasteiger partial charge in [-0.3, -0.25) is 4.79 Å². The Morgan fingerprint density at radius 3 is 3.14 bits per heavy atom. The highest BCUT2D eigenvalue weighted by molar-refractivity contribution is 6.43. The molecule has 5 heteroatoms. The second kappa shape index (κ2) is 6.39. The van der Waals surface area contributed by atoms with Crippen molar-refractivity contribution in [2.75, 3.05) is 6.54 Å². The maximum absolute atomic E-state index is 12.1. The van der Waals surface area contributed by atoms with E-state index < -0.39 is 0 Å². The standard InChI is InChI=1S/C17H18N4O/c1-12-6-7-16(21-20-10-12)17(22)18-9-8-13-11-19-15-5-3-2-4-14(13)15/h2-7,10-12,19H,8-9H2,1H3,(H,18,22). The fraction of sp³-hybridized carbons (Fsp3) is 0.235. The predicted octanol–water partition coefficient (Wildman–Crippen LogP) is 2.46. The largest absolute Gasteiger partial charge is 0.361 e. The molecule has 5 nitrogen and oxygen atoms in total. The smallest absolute Gasteiger partial charge is 0.271 e. The first-order valence-electron chi connectivity index (χ1n) is 7.36. The topological polar surface area (TPSA) is 69.6 Å². The number of fused-ring (bicyclic) bond motifs is 1. The van der Waals surface area contributed by atoms with Crippen LogP contribution in [0.5, 0.6) is 0 Å². The Bertz CT molecular complexity index is 770. The van der Waals surface area contributed by atoms with Gasteiger partial charge in [0.1, 0.15) is 5.71 Å². The number of amides is 1. The van der Waals surface area contributed by atoms with Crippen LogP contribution in [0.3, 0.4) is 0 Å². The number of carbonyl (C=O) groups excluding carboxylic acids is 1.